The van der Waals surface area contributed by atoms with Gasteiger partial charge in [-0.05, 0) is 90.5 Å². The molecule has 2 aromatic carbocycles. The number of hydrogen-bond acceptors (Lipinski definition) is 7. The number of amides is 2. The SMILES string of the molecule is CCc1cc(N2CCCN(C(=O)OC(C)(C)C)CC2)cc2[s+]c3cc(N4CCCN(C(=O)OC(C)(C)C)CC4)cc(CC)c3nc12.[I-]. The predicted octanol–water partition coefficient (Wildman–Crippen LogP) is 4.75. The predicted molar refractivity (Wildman–Crippen MR) is 190 cm³/mol. The van der Waals surface area contributed by atoms with Crippen LogP contribution in [0.1, 0.15) is 79.4 Å². The molecule has 0 unspecified atom stereocenters. The first-order chi connectivity index (χ1) is 21.7. The third-order valence-corrected chi connectivity index (χ3v) is 9.57. The lowest BCUT2D eigenvalue weighted by molar-refractivity contribution is -0.0000859. The Hall–Kier alpha value is -2.67. The first-order valence-corrected chi connectivity index (χ1v) is 17.8. The summed E-state index contributed by atoms with van der Waals surface area (Å²) in [4.78, 5) is 39.3. The van der Waals surface area contributed by atoms with E-state index in [9.17, 15) is 9.59 Å². The zero-order valence-electron chi connectivity index (χ0n) is 29.4. The van der Waals surface area contributed by atoms with Gasteiger partial charge in [0.1, 0.15) is 22.2 Å². The highest BCUT2D eigenvalue weighted by molar-refractivity contribution is 7.24. The maximum Gasteiger partial charge on any atom is 0.410 e. The van der Waals surface area contributed by atoms with Crippen molar-refractivity contribution in [2.45, 2.75) is 92.3 Å². The van der Waals surface area contributed by atoms with Crippen molar-refractivity contribution in [3.05, 3.63) is 35.4 Å². The minimum Gasteiger partial charge on any atom is -1.00 e. The van der Waals surface area contributed by atoms with Crippen molar-refractivity contribution in [1.82, 2.24) is 14.8 Å². The summed E-state index contributed by atoms with van der Waals surface area (Å²) in [6, 6.07) is 9.17. The highest BCUT2D eigenvalue weighted by Crippen LogP contribution is 2.36. The van der Waals surface area contributed by atoms with Crippen LogP contribution < -0.4 is 33.8 Å². The Kier molecular flexibility index (Phi) is 12.1. The van der Waals surface area contributed by atoms with Crippen LogP contribution in [-0.4, -0.2) is 90.5 Å². The molecule has 0 bridgehead atoms. The van der Waals surface area contributed by atoms with Gasteiger partial charge in [0.25, 0.3) is 9.40 Å². The van der Waals surface area contributed by atoms with Gasteiger partial charge < -0.3 is 53.1 Å². The third kappa shape index (κ3) is 9.28. The van der Waals surface area contributed by atoms with E-state index >= 15 is 0 Å². The van der Waals surface area contributed by atoms with Gasteiger partial charge in [0.2, 0.25) is 11.3 Å². The highest BCUT2D eigenvalue weighted by Gasteiger charge is 2.28. The van der Waals surface area contributed by atoms with Crippen molar-refractivity contribution in [1.29, 1.82) is 0 Å². The average molecular weight is 778 g/mol. The summed E-state index contributed by atoms with van der Waals surface area (Å²) in [6.45, 7) is 21.8. The molecule has 3 aromatic rings. The van der Waals surface area contributed by atoms with Gasteiger partial charge in [-0.25, -0.2) is 14.6 Å². The number of anilines is 2. The number of aromatic nitrogens is 1. The molecule has 0 spiro atoms. The normalized spacial score (nSPS) is 16.5. The number of rotatable bonds is 4. The van der Waals surface area contributed by atoms with E-state index in [0.29, 0.717) is 26.2 Å². The van der Waals surface area contributed by atoms with E-state index in [1.165, 1.54) is 31.9 Å². The molecule has 11 heteroatoms. The van der Waals surface area contributed by atoms with E-state index in [0.717, 1.165) is 62.9 Å². The monoisotopic (exact) mass is 777 g/mol. The number of carbonyl (C=O) groups is 2. The first kappa shape index (κ1) is 37.2. The van der Waals surface area contributed by atoms with Gasteiger partial charge in [-0.1, -0.05) is 13.8 Å². The van der Waals surface area contributed by atoms with E-state index in [4.69, 9.17) is 14.5 Å². The number of hydrogen-bond donors (Lipinski definition) is 0. The van der Waals surface area contributed by atoms with Crippen LogP contribution >= 0.6 is 11.3 Å². The lowest BCUT2D eigenvalue weighted by Crippen LogP contribution is -3.00. The van der Waals surface area contributed by atoms with Gasteiger partial charge >= 0.3 is 12.2 Å². The van der Waals surface area contributed by atoms with Crippen LogP contribution in [0.3, 0.4) is 0 Å². The first-order valence-electron chi connectivity index (χ1n) is 16.9. The minimum absolute atomic E-state index is 0. The fraction of sp³-hybridized carbons (Fsp3) is 0.611. The molecule has 2 fully saturated rings. The number of fused-ring (bicyclic) bond motifs is 2. The van der Waals surface area contributed by atoms with E-state index in [1.54, 1.807) is 0 Å². The molecule has 2 saturated heterocycles. The van der Waals surface area contributed by atoms with Crippen LogP contribution in [-0.2, 0) is 22.3 Å². The summed E-state index contributed by atoms with van der Waals surface area (Å²) < 4.78 is 13.7. The number of carbonyl (C=O) groups excluding carboxylic acids is 2. The largest absolute Gasteiger partial charge is 1.00 e. The van der Waals surface area contributed by atoms with Crippen LogP contribution in [0, 0.1) is 0 Å². The summed E-state index contributed by atoms with van der Waals surface area (Å²) in [7, 11) is 0. The molecule has 2 aliphatic heterocycles. The van der Waals surface area contributed by atoms with E-state index < -0.39 is 11.2 Å². The van der Waals surface area contributed by atoms with Gasteiger partial charge in [-0.2, -0.15) is 0 Å². The zero-order valence-corrected chi connectivity index (χ0v) is 32.4. The molecule has 0 radical (unpaired) electrons. The Morgan fingerprint density at radius 3 is 1.43 bits per heavy atom. The molecular weight excluding hydrogens is 725 g/mol. The summed E-state index contributed by atoms with van der Waals surface area (Å²) in [5, 5.41) is 0. The molecule has 258 valence electrons. The van der Waals surface area contributed by atoms with Crippen LogP contribution in [0.15, 0.2) is 24.3 Å². The van der Waals surface area contributed by atoms with Gasteiger partial charge in [-0.3, -0.25) is 0 Å². The molecule has 0 atom stereocenters. The number of ether oxygens (including phenoxy) is 2. The lowest BCUT2D eigenvalue weighted by Gasteiger charge is -2.27. The fourth-order valence-corrected chi connectivity index (χ4v) is 7.36. The molecule has 3 heterocycles. The number of benzene rings is 2. The Balaban J connectivity index is 0.00000500. The second kappa shape index (κ2) is 15.3. The number of halogens is 1. The van der Waals surface area contributed by atoms with Crippen LogP contribution in [0.5, 0.6) is 0 Å². The Labute approximate surface area is 301 Å². The van der Waals surface area contributed by atoms with Gasteiger partial charge in [-0.15, -0.1) is 0 Å². The summed E-state index contributed by atoms with van der Waals surface area (Å²) >= 11 is 1.82. The van der Waals surface area contributed by atoms with E-state index in [-0.39, 0.29) is 36.2 Å². The fourth-order valence-electron chi connectivity index (χ4n) is 6.21. The molecule has 47 heavy (non-hydrogen) atoms. The van der Waals surface area contributed by atoms with Gasteiger partial charge in [0, 0.05) is 75.9 Å². The second-order valence-corrected chi connectivity index (χ2v) is 15.5. The smallest absolute Gasteiger partial charge is 0.410 e. The second-order valence-electron chi connectivity index (χ2n) is 14.4. The average Bonchev–Trinajstić information content (AvgIpc) is 3.39. The van der Waals surface area contributed by atoms with Crippen molar-refractivity contribution in [2.75, 3.05) is 62.2 Å². The van der Waals surface area contributed by atoms with E-state index in [2.05, 4.69) is 47.9 Å². The number of nitrogens with zero attached hydrogens (tertiary/aromatic N) is 5. The molecule has 2 aliphatic rings. The molecule has 1 aromatic heterocycles. The van der Waals surface area contributed by atoms with Crippen LogP contribution in [0.2, 0.25) is 0 Å². The Bertz CT molecular complexity index is 1470. The summed E-state index contributed by atoms with van der Waals surface area (Å²) in [5.74, 6) is 0. The molecule has 9 nitrogen and oxygen atoms in total. The highest BCUT2D eigenvalue weighted by atomic mass is 127. The third-order valence-electron chi connectivity index (χ3n) is 8.51. The Morgan fingerprint density at radius 2 is 1.06 bits per heavy atom. The van der Waals surface area contributed by atoms with Crippen molar-refractivity contribution >= 4 is 55.3 Å². The lowest BCUT2D eigenvalue weighted by atomic mass is 10.1. The topological polar surface area (TPSA) is 78.5 Å². The molecule has 5 rings (SSSR count). The number of aryl methyl sites for hydroxylation is 2. The summed E-state index contributed by atoms with van der Waals surface area (Å²) in [5.41, 5.74) is 6.04. The molecular formula is C36H52IN5O4S. The molecule has 0 N–H and O–H groups in total. The molecule has 2 amide bonds. The standard InChI is InChI=1S/C36H52N5O4S.HI/c1-9-25-21-27(38-13-11-15-40(19-17-38)33(42)44-35(3,4)5)23-29-31(25)37-32-26(10-2)22-28(24-30(32)46-29)39-14-12-16-41(20-18-39)34(43)45-36(6,7)8;/h21-24H,9-20H2,1-8H3;1H/q+1;/p-1. The zero-order chi connectivity index (χ0) is 33.2. The van der Waals surface area contributed by atoms with Crippen molar-refractivity contribution in [3.63, 3.8) is 0 Å². The maximum atomic E-state index is 12.8. The van der Waals surface area contributed by atoms with Crippen molar-refractivity contribution < 1.29 is 43.0 Å². The van der Waals surface area contributed by atoms with Gasteiger partial charge in [0.15, 0.2) is 0 Å². The van der Waals surface area contributed by atoms with Gasteiger partial charge in [0.05, 0.1) is 0 Å². The Morgan fingerprint density at radius 1 is 0.660 bits per heavy atom. The quantitative estimate of drug-likeness (QED) is 0.215. The van der Waals surface area contributed by atoms with Crippen molar-refractivity contribution in [3.8, 4) is 0 Å². The molecule has 0 saturated carbocycles. The van der Waals surface area contributed by atoms with Crippen molar-refractivity contribution in [2.24, 2.45) is 0 Å². The minimum atomic E-state index is -0.500. The molecule has 0 aliphatic carbocycles. The van der Waals surface area contributed by atoms with E-state index in [1.807, 2.05) is 62.7 Å². The summed E-state index contributed by atoms with van der Waals surface area (Å²) in [6.07, 6.45) is 3.11. The maximum absolute atomic E-state index is 12.8. The van der Waals surface area contributed by atoms with Crippen LogP contribution in [0.25, 0.3) is 20.4 Å². The van der Waals surface area contributed by atoms with Crippen LogP contribution in [0.4, 0.5) is 21.0 Å².